The summed E-state index contributed by atoms with van der Waals surface area (Å²) in [4.78, 5) is 2.43. The van der Waals surface area contributed by atoms with E-state index in [2.05, 4.69) is 104 Å². The van der Waals surface area contributed by atoms with Gasteiger partial charge in [0.25, 0.3) is 0 Å². The predicted molar refractivity (Wildman–Crippen MR) is 108 cm³/mol. The second kappa shape index (κ2) is 6.70. The highest BCUT2D eigenvalue weighted by molar-refractivity contribution is 5.90. The molecule has 25 heavy (non-hydrogen) atoms. The average Bonchev–Trinajstić information content (AvgIpc) is 2.68. The van der Waals surface area contributed by atoms with E-state index in [1.165, 1.54) is 32.7 Å². The highest BCUT2D eigenvalue weighted by Crippen LogP contribution is 2.36. The minimum atomic E-state index is 0.238. The van der Waals surface area contributed by atoms with Crippen LogP contribution in [0, 0.1) is 0 Å². The van der Waals surface area contributed by atoms with E-state index in [-0.39, 0.29) is 6.04 Å². The predicted octanol–water partition coefficient (Wildman–Crippen LogP) is 6.03. The molecule has 0 fully saturated rings. The van der Waals surface area contributed by atoms with E-state index < -0.39 is 0 Å². The third-order valence-corrected chi connectivity index (χ3v) is 5.18. The van der Waals surface area contributed by atoms with Crippen LogP contribution in [-0.2, 0) is 0 Å². The first-order valence-electron chi connectivity index (χ1n) is 8.95. The van der Waals surface area contributed by atoms with Crippen LogP contribution in [0.25, 0.3) is 21.5 Å². The topological polar surface area (TPSA) is 3.24 Å². The largest absolute Gasteiger partial charge is 0.296 e. The maximum atomic E-state index is 2.43. The van der Waals surface area contributed by atoms with E-state index in [0.717, 1.165) is 6.54 Å². The van der Waals surface area contributed by atoms with Gasteiger partial charge in [0.15, 0.2) is 0 Å². The summed E-state index contributed by atoms with van der Waals surface area (Å²) in [7, 11) is 2.22. The third-order valence-electron chi connectivity index (χ3n) is 5.18. The second-order valence-electron chi connectivity index (χ2n) is 6.61. The lowest BCUT2D eigenvalue weighted by Crippen LogP contribution is -2.25. The SMILES string of the molecule is CCN(C)C(c1cccc2ccccc12)c1cccc2ccccc12. The van der Waals surface area contributed by atoms with E-state index in [4.69, 9.17) is 0 Å². The van der Waals surface area contributed by atoms with Crippen LogP contribution >= 0.6 is 0 Å². The third kappa shape index (κ3) is 2.81. The number of hydrogen-bond acceptors (Lipinski definition) is 1. The number of benzene rings is 4. The minimum Gasteiger partial charge on any atom is -0.296 e. The van der Waals surface area contributed by atoms with Crippen molar-refractivity contribution in [2.24, 2.45) is 0 Å². The van der Waals surface area contributed by atoms with Gasteiger partial charge in [-0.2, -0.15) is 0 Å². The molecule has 0 aliphatic rings. The van der Waals surface area contributed by atoms with Gasteiger partial charge < -0.3 is 0 Å². The zero-order chi connectivity index (χ0) is 17.2. The fraction of sp³-hybridized carbons (Fsp3) is 0.167. The molecule has 0 atom stereocenters. The highest BCUT2D eigenvalue weighted by Gasteiger charge is 2.22. The summed E-state index contributed by atoms with van der Waals surface area (Å²) in [5, 5.41) is 5.27. The molecule has 0 aliphatic carbocycles. The van der Waals surface area contributed by atoms with Gasteiger partial charge in [-0.1, -0.05) is 91.9 Å². The molecular weight excluding hydrogens is 302 g/mol. The Kier molecular flexibility index (Phi) is 4.25. The van der Waals surface area contributed by atoms with Crippen LogP contribution in [0.2, 0.25) is 0 Å². The Bertz CT molecular complexity index is 929. The van der Waals surface area contributed by atoms with E-state index in [9.17, 15) is 0 Å². The molecule has 0 spiro atoms. The number of fused-ring (bicyclic) bond motifs is 2. The van der Waals surface area contributed by atoms with E-state index in [1.54, 1.807) is 0 Å². The zero-order valence-corrected chi connectivity index (χ0v) is 14.8. The average molecular weight is 325 g/mol. The zero-order valence-electron chi connectivity index (χ0n) is 14.8. The molecule has 0 aliphatic heterocycles. The molecule has 1 nitrogen and oxygen atoms in total. The van der Waals surface area contributed by atoms with Crippen molar-refractivity contribution in [2.75, 3.05) is 13.6 Å². The summed E-state index contributed by atoms with van der Waals surface area (Å²) < 4.78 is 0. The Morgan fingerprint density at radius 2 is 1.08 bits per heavy atom. The molecule has 0 heterocycles. The van der Waals surface area contributed by atoms with Crippen molar-refractivity contribution in [2.45, 2.75) is 13.0 Å². The van der Waals surface area contributed by atoms with Crippen LogP contribution in [0.5, 0.6) is 0 Å². The van der Waals surface area contributed by atoms with Gasteiger partial charge in [-0.25, -0.2) is 0 Å². The van der Waals surface area contributed by atoms with Gasteiger partial charge in [0, 0.05) is 0 Å². The maximum absolute atomic E-state index is 2.43. The van der Waals surface area contributed by atoms with Gasteiger partial charge in [-0.05, 0) is 46.3 Å². The van der Waals surface area contributed by atoms with Crippen molar-refractivity contribution in [3.8, 4) is 0 Å². The monoisotopic (exact) mass is 325 g/mol. The van der Waals surface area contributed by atoms with Gasteiger partial charge in [0.2, 0.25) is 0 Å². The van der Waals surface area contributed by atoms with Gasteiger partial charge in [-0.3, -0.25) is 4.90 Å². The summed E-state index contributed by atoms with van der Waals surface area (Å²) >= 11 is 0. The van der Waals surface area contributed by atoms with Gasteiger partial charge in [0.05, 0.1) is 6.04 Å². The first kappa shape index (κ1) is 15.9. The minimum absolute atomic E-state index is 0.238. The van der Waals surface area contributed by atoms with Crippen LogP contribution in [0.15, 0.2) is 84.9 Å². The summed E-state index contributed by atoms with van der Waals surface area (Å²) in [5.41, 5.74) is 2.75. The molecule has 124 valence electrons. The summed E-state index contributed by atoms with van der Waals surface area (Å²) in [5.74, 6) is 0. The number of rotatable bonds is 4. The first-order valence-corrected chi connectivity index (χ1v) is 8.95. The normalized spacial score (nSPS) is 11.7. The lowest BCUT2D eigenvalue weighted by Gasteiger charge is -2.30. The highest BCUT2D eigenvalue weighted by atomic mass is 15.1. The molecule has 0 N–H and O–H groups in total. The van der Waals surface area contributed by atoms with Crippen LogP contribution in [-0.4, -0.2) is 18.5 Å². The lowest BCUT2D eigenvalue weighted by molar-refractivity contribution is 0.297. The Balaban J connectivity index is 2.01. The van der Waals surface area contributed by atoms with E-state index >= 15 is 0 Å². The molecule has 0 amide bonds. The Morgan fingerprint density at radius 1 is 0.640 bits per heavy atom. The molecule has 4 rings (SSSR count). The molecule has 0 saturated carbocycles. The van der Waals surface area contributed by atoms with Crippen molar-refractivity contribution < 1.29 is 0 Å². The maximum Gasteiger partial charge on any atom is 0.0611 e. The summed E-state index contributed by atoms with van der Waals surface area (Å²) in [6.07, 6.45) is 0. The molecular formula is C24H23N. The smallest absolute Gasteiger partial charge is 0.0611 e. The summed E-state index contributed by atoms with van der Waals surface area (Å²) in [6, 6.07) is 30.9. The van der Waals surface area contributed by atoms with Crippen LogP contribution in [0.4, 0.5) is 0 Å². The number of nitrogens with zero attached hydrogens (tertiary/aromatic N) is 1. The Labute approximate surface area is 149 Å². The molecule has 4 aromatic rings. The van der Waals surface area contributed by atoms with Crippen LogP contribution in [0.3, 0.4) is 0 Å². The quantitative estimate of drug-likeness (QED) is 0.442. The molecule has 0 radical (unpaired) electrons. The van der Waals surface area contributed by atoms with Crippen LogP contribution in [0.1, 0.15) is 24.1 Å². The van der Waals surface area contributed by atoms with Crippen molar-refractivity contribution in [1.82, 2.24) is 4.90 Å². The first-order chi connectivity index (χ1) is 12.3. The summed E-state index contributed by atoms with van der Waals surface area (Å²) in [6.45, 7) is 3.22. The lowest BCUT2D eigenvalue weighted by atomic mass is 9.90. The van der Waals surface area contributed by atoms with Gasteiger partial charge in [0.1, 0.15) is 0 Å². The fourth-order valence-corrected chi connectivity index (χ4v) is 3.80. The van der Waals surface area contributed by atoms with Gasteiger partial charge >= 0.3 is 0 Å². The Hall–Kier alpha value is -2.64. The van der Waals surface area contributed by atoms with Crippen molar-refractivity contribution >= 4 is 21.5 Å². The molecule has 0 aromatic heterocycles. The Morgan fingerprint density at radius 3 is 1.56 bits per heavy atom. The van der Waals surface area contributed by atoms with Crippen molar-refractivity contribution in [3.63, 3.8) is 0 Å². The van der Waals surface area contributed by atoms with Crippen LogP contribution < -0.4 is 0 Å². The second-order valence-corrected chi connectivity index (χ2v) is 6.61. The van der Waals surface area contributed by atoms with Gasteiger partial charge in [-0.15, -0.1) is 0 Å². The van der Waals surface area contributed by atoms with Crippen molar-refractivity contribution in [3.05, 3.63) is 96.1 Å². The molecule has 4 aromatic carbocycles. The van der Waals surface area contributed by atoms with E-state index in [1.807, 2.05) is 0 Å². The van der Waals surface area contributed by atoms with Crippen molar-refractivity contribution in [1.29, 1.82) is 0 Å². The number of hydrogen-bond donors (Lipinski definition) is 0. The standard InChI is InChI=1S/C24H23N/c1-3-25(2)24(22-16-8-12-18-10-4-6-14-20(18)22)23-17-9-13-19-11-5-7-15-21(19)23/h4-17,24H,3H2,1-2H3. The molecule has 0 unspecified atom stereocenters. The molecule has 0 saturated heterocycles. The van der Waals surface area contributed by atoms with E-state index in [0.29, 0.717) is 0 Å². The molecule has 1 heteroatoms. The molecule has 0 bridgehead atoms. The fourth-order valence-electron chi connectivity index (χ4n) is 3.80.